The van der Waals surface area contributed by atoms with Crippen molar-refractivity contribution >= 4 is 0 Å². The van der Waals surface area contributed by atoms with Crippen LogP contribution in [0.25, 0.3) is 0 Å². The van der Waals surface area contributed by atoms with Crippen LogP contribution in [0, 0.1) is 0 Å². The zero-order valence-electron chi connectivity index (χ0n) is 16.6. The summed E-state index contributed by atoms with van der Waals surface area (Å²) in [6, 6.07) is 6.59. The van der Waals surface area contributed by atoms with E-state index in [0.717, 1.165) is 6.54 Å². The van der Waals surface area contributed by atoms with E-state index in [1.807, 2.05) is 0 Å². The van der Waals surface area contributed by atoms with E-state index in [-0.39, 0.29) is 0 Å². The fourth-order valence-electron chi connectivity index (χ4n) is 3.55. The van der Waals surface area contributed by atoms with Gasteiger partial charge in [0.05, 0.1) is 0 Å². The topological polar surface area (TPSA) is 3.88 Å². The first kappa shape index (κ1) is 21.2. The number of aryl methyl sites for hydroxylation is 2. The smallest absolute Gasteiger partial charge is 0.181 e. The molecule has 0 amide bonds. The van der Waals surface area contributed by atoms with Crippen LogP contribution in [0.5, 0.6) is 0 Å². The van der Waals surface area contributed by atoms with E-state index in [9.17, 15) is 0 Å². The Balaban J connectivity index is 1.84. The molecule has 0 bridgehead atoms. The lowest BCUT2D eigenvalue weighted by Crippen LogP contribution is -2.36. The molecule has 1 heteroatoms. The van der Waals surface area contributed by atoms with Crippen LogP contribution in [0.1, 0.15) is 109 Å². The molecule has 0 spiro atoms. The number of aromatic nitrogens is 1. The highest BCUT2D eigenvalue weighted by Gasteiger charge is 2.06. The minimum Gasteiger partial charge on any atom is -0.203 e. The Kier molecular flexibility index (Phi) is 13.8. The minimum absolute atomic E-state index is 1.09. The second-order valence-electron chi connectivity index (χ2n) is 7.32. The van der Waals surface area contributed by atoms with Crippen LogP contribution in [0.3, 0.4) is 0 Å². The SMILES string of the molecule is CCCCCCCCCCCCCCCCc1cccc[n+]1CC. The third-order valence-electron chi connectivity index (χ3n) is 5.16. The fourth-order valence-corrected chi connectivity index (χ4v) is 3.55. The molecule has 0 unspecified atom stereocenters. The zero-order valence-corrected chi connectivity index (χ0v) is 16.6. The highest BCUT2D eigenvalue weighted by Crippen LogP contribution is 2.13. The van der Waals surface area contributed by atoms with Gasteiger partial charge in [-0.15, -0.1) is 0 Å². The number of pyridine rings is 1. The van der Waals surface area contributed by atoms with Gasteiger partial charge in [0.25, 0.3) is 0 Å². The lowest BCUT2D eigenvalue weighted by Gasteiger charge is -2.04. The summed E-state index contributed by atoms with van der Waals surface area (Å²) in [5, 5.41) is 0. The van der Waals surface area contributed by atoms with Crippen molar-refractivity contribution in [1.82, 2.24) is 0 Å². The third-order valence-corrected chi connectivity index (χ3v) is 5.16. The lowest BCUT2D eigenvalue weighted by molar-refractivity contribution is -0.700. The van der Waals surface area contributed by atoms with Crippen LogP contribution in [0.2, 0.25) is 0 Å². The Hall–Kier alpha value is -0.850. The van der Waals surface area contributed by atoms with Gasteiger partial charge in [0.15, 0.2) is 11.9 Å². The van der Waals surface area contributed by atoms with Gasteiger partial charge in [0.2, 0.25) is 0 Å². The second-order valence-corrected chi connectivity index (χ2v) is 7.32. The van der Waals surface area contributed by atoms with Crippen LogP contribution in [-0.4, -0.2) is 0 Å². The summed E-state index contributed by atoms with van der Waals surface area (Å²) < 4.78 is 2.38. The minimum atomic E-state index is 1.09. The molecule has 0 fully saturated rings. The van der Waals surface area contributed by atoms with Crippen LogP contribution in [0.15, 0.2) is 24.4 Å². The average Bonchev–Trinajstić information content (AvgIpc) is 2.62. The van der Waals surface area contributed by atoms with Crippen molar-refractivity contribution in [3.63, 3.8) is 0 Å². The lowest BCUT2D eigenvalue weighted by atomic mass is 10.0. The normalized spacial score (nSPS) is 11.1. The van der Waals surface area contributed by atoms with E-state index in [4.69, 9.17) is 0 Å². The number of hydrogen-bond acceptors (Lipinski definition) is 0. The summed E-state index contributed by atoms with van der Waals surface area (Å²) in [6.45, 7) is 5.62. The van der Waals surface area contributed by atoms with Gasteiger partial charge < -0.3 is 0 Å². The monoisotopic (exact) mass is 332 g/mol. The first-order valence-electron chi connectivity index (χ1n) is 10.9. The molecule has 1 aromatic heterocycles. The molecule has 0 aliphatic rings. The van der Waals surface area contributed by atoms with Crippen molar-refractivity contribution in [2.24, 2.45) is 0 Å². The van der Waals surface area contributed by atoms with E-state index in [1.54, 1.807) is 0 Å². The van der Waals surface area contributed by atoms with E-state index in [0.29, 0.717) is 0 Å². The van der Waals surface area contributed by atoms with E-state index in [1.165, 1.54) is 102 Å². The van der Waals surface area contributed by atoms with Gasteiger partial charge in [-0.1, -0.05) is 96.5 Å². The summed E-state index contributed by atoms with van der Waals surface area (Å²) in [7, 11) is 0. The van der Waals surface area contributed by atoms with Gasteiger partial charge in [-0.3, -0.25) is 0 Å². The maximum absolute atomic E-state index is 2.38. The van der Waals surface area contributed by atoms with E-state index < -0.39 is 0 Å². The molecular formula is C23H42N+. The Morgan fingerprint density at radius 2 is 1.12 bits per heavy atom. The quantitative estimate of drug-likeness (QED) is 0.226. The van der Waals surface area contributed by atoms with Crippen LogP contribution >= 0.6 is 0 Å². The maximum Gasteiger partial charge on any atom is 0.181 e. The van der Waals surface area contributed by atoms with E-state index >= 15 is 0 Å². The van der Waals surface area contributed by atoms with Crippen molar-refractivity contribution < 1.29 is 4.57 Å². The second kappa shape index (κ2) is 15.7. The van der Waals surface area contributed by atoms with Crippen molar-refractivity contribution in [3.8, 4) is 0 Å². The molecule has 0 aliphatic heterocycles. The Morgan fingerprint density at radius 1 is 0.625 bits per heavy atom. The number of nitrogens with zero attached hydrogens (tertiary/aromatic N) is 1. The molecule has 0 atom stereocenters. The number of unbranched alkanes of at least 4 members (excludes halogenated alkanes) is 13. The fraction of sp³-hybridized carbons (Fsp3) is 0.783. The zero-order chi connectivity index (χ0) is 17.3. The summed E-state index contributed by atoms with van der Waals surface area (Å²) in [6.07, 6.45) is 23.6. The van der Waals surface area contributed by atoms with Crippen molar-refractivity contribution in [2.75, 3.05) is 0 Å². The predicted molar refractivity (Wildman–Crippen MR) is 106 cm³/mol. The van der Waals surface area contributed by atoms with Gasteiger partial charge in [-0.05, 0) is 13.3 Å². The molecular weight excluding hydrogens is 290 g/mol. The standard InChI is InChI=1S/C23H42N/c1-3-5-6-7-8-9-10-11-12-13-14-15-16-17-20-23-21-18-19-22-24(23)4-2/h18-19,21-22H,3-17,20H2,1-2H3/q+1. The largest absolute Gasteiger partial charge is 0.203 e. The molecule has 1 nitrogen and oxygen atoms in total. The molecule has 0 saturated carbocycles. The first-order valence-corrected chi connectivity index (χ1v) is 10.9. The van der Waals surface area contributed by atoms with Crippen molar-refractivity contribution in [2.45, 2.75) is 117 Å². The van der Waals surface area contributed by atoms with Crippen molar-refractivity contribution in [1.29, 1.82) is 0 Å². The van der Waals surface area contributed by atoms with E-state index in [2.05, 4.69) is 42.8 Å². The summed E-state index contributed by atoms with van der Waals surface area (Å²) in [5.41, 5.74) is 1.50. The van der Waals surface area contributed by atoms with Crippen LogP contribution < -0.4 is 4.57 Å². The Bertz CT molecular complexity index is 385. The maximum atomic E-state index is 2.38. The molecule has 0 aliphatic carbocycles. The molecule has 0 aromatic carbocycles. The third kappa shape index (κ3) is 10.8. The molecule has 1 aromatic rings. The highest BCUT2D eigenvalue weighted by atomic mass is 14.9. The molecule has 0 saturated heterocycles. The average molecular weight is 333 g/mol. The summed E-state index contributed by atoms with van der Waals surface area (Å²) in [4.78, 5) is 0. The predicted octanol–water partition coefficient (Wildman–Crippen LogP) is 7.02. The number of hydrogen-bond donors (Lipinski definition) is 0. The van der Waals surface area contributed by atoms with Crippen molar-refractivity contribution in [3.05, 3.63) is 30.1 Å². The summed E-state index contributed by atoms with van der Waals surface area (Å²) >= 11 is 0. The number of rotatable bonds is 16. The Labute approximate surface area is 151 Å². The first-order chi connectivity index (χ1) is 11.9. The van der Waals surface area contributed by atoms with Gasteiger partial charge in [-0.2, -0.15) is 0 Å². The highest BCUT2D eigenvalue weighted by molar-refractivity contribution is 4.97. The Morgan fingerprint density at radius 3 is 1.62 bits per heavy atom. The molecule has 1 rings (SSSR count). The molecule has 1 heterocycles. The summed E-state index contributed by atoms with van der Waals surface area (Å²) in [5.74, 6) is 0. The van der Waals surface area contributed by atoms with Crippen LogP contribution in [0.4, 0.5) is 0 Å². The van der Waals surface area contributed by atoms with Gasteiger partial charge in [0, 0.05) is 18.6 Å². The molecule has 0 radical (unpaired) electrons. The molecule has 0 N–H and O–H groups in total. The van der Waals surface area contributed by atoms with Gasteiger partial charge in [0.1, 0.15) is 6.54 Å². The van der Waals surface area contributed by atoms with Gasteiger partial charge in [-0.25, -0.2) is 4.57 Å². The van der Waals surface area contributed by atoms with Gasteiger partial charge >= 0.3 is 0 Å². The molecule has 24 heavy (non-hydrogen) atoms. The van der Waals surface area contributed by atoms with Crippen LogP contribution in [-0.2, 0) is 13.0 Å². The molecule has 138 valence electrons.